The third kappa shape index (κ3) is 5.41. The van der Waals surface area contributed by atoms with Crippen LogP contribution in [0.1, 0.15) is 69.1 Å². The first-order chi connectivity index (χ1) is 17.2. The van der Waals surface area contributed by atoms with Crippen LogP contribution < -0.4 is 10.6 Å². The summed E-state index contributed by atoms with van der Waals surface area (Å²) in [5.74, 6) is 0.292. The number of rotatable bonds is 7. The van der Waals surface area contributed by atoms with Crippen molar-refractivity contribution in [3.8, 4) is 0 Å². The smallest absolute Gasteiger partial charge is 0.266 e. The zero-order valence-corrected chi connectivity index (χ0v) is 22.3. The van der Waals surface area contributed by atoms with E-state index in [2.05, 4.69) is 50.5 Å². The van der Waals surface area contributed by atoms with Gasteiger partial charge in [0, 0.05) is 34.6 Å². The van der Waals surface area contributed by atoms with Gasteiger partial charge in [-0.2, -0.15) is 0 Å². The van der Waals surface area contributed by atoms with E-state index >= 15 is 0 Å². The van der Waals surface area contributed by atoms with Gasteiger partial charge < -0.3 is 15.3 Å². The van der Waals surface area contributed by atoms with Crippen LogP contribution in [-0.4, -0.2) is 41.2 Å². The average Bonchev–Trinajstić information content (AvgIpc) is 2.94. The molecule has 0 fully saturated rings. The highest BCUT2D eigenvalue weighted by molar-refractivity contribution is 6.31. The van der Waals surface area contributed by atoms with E-state index in [-0.39, 0.29) is 17.7 Å². The number of aliphatic imine (C=N–C) groups is 1. The van der Waals surface area contributed by atoms with E-state index in [1.54, 1.807) is 11.9 Å². The van der Waals surface area contributed by atoms with Crippen molar-refractivity contribution in [2.24, 2.45) is 4.99 Å². The van der Waals surface area contributed by atoms with E-state index in [0.717, 1.165) is 38.7 Å². The number of anilines is 1. The highest BCUT2D eigenvalue weighted by Crippen LogP contribution is 2.34. The predicted octanol–water partition coefficient (Wildman–Crippen LogP) is 5.67. The molecule has 7 heteroatoms. The highest BCUT2D eigenvalue weighted by atomic mass is 35.5. The number of benzene rings is 2. The van der Waals surface area contributed by atoms with Gasteiger partial charge in [0.1, 0.15) is 0 Å². The molecule has 2 unspecified atom stereocenters. The predicted molar refractivity (Wildman–Crippen MR) is 147 cm³/mol. The number of aliphatic hydroxyl groups is 1. The summed E-state index contributed by atoms with van der Waals surface area (Å²) in [6, 6.07) is 15.9. The van der Waals surface area contributed by atoms with Crippen molar-refractivity contribution in [1.82, 2.24) is 10.2 Å². The first-order valence-electron chi connectivity index (χ1n) is 12.5. The molecule has 0 radical (unpaired) electrons. The monoisotopic (exact) mass is 506 g/mol. The number of nitrogens with one attached hydrogen (secondary N) is 2. The van der Waals surface area contributed by atoms with E-state index in [1.165, 1.54) is 0 Å². The molecule has 3 N–H and O–H groups in total. The zero-order chi connectivity index (χ0) is 26.0. The SMILES string of the molecule is CC(C)c1cccc(C(C)C)c1NC(O)NC1N=C(c2ccccc2)C2=C(CCC(Cl)=C2)N(C)C1=O. The van der Waals surface area contributed by atoms with Crippen molar-refractivity contribution in [3.05, 3.63) is 87.6 Å². The standard InChI is InChI=1S/C29H35ClN4O2/c1-17(2)21-12-9-13-22(18(3)4)26(21)32-29(36)33-27-28(35)34(5)24-15-14-20(30)16-23(24)25(31-27)19-10-7-6-8-11-19/h6-13,16-18,27,29,32-33,36H,14-15H2,1-5H3. The van der Waals surface area contributed by atoms with Crippen molar-refractivity contribution in [2.45, 2.75) is 64.9 Å². The quantitative estimate of drug-likeness (QED) is 0.423. The Hall–Kier alpha value is -2.93. The molecule has 1 aliphatic carbocycles. The molecule has 0 saturated heterocycles. The molecule has 0 spiro atoms. The minimum Gasteiger partial charge on any atom is -0.361 e. The number of halogens is 1. The second-order valence-corrected chi connectivity index (χ2v) is 10.4. The lowest BCUT2D eigenvalue weighted by Crippen LogP contribution is -2.50. The van der Waals surface area contributed by atoms with E-state index in [0.29, 0.717) is 18.6 Å². The van der Waals surface area contributed by atoms with Crippen molar-refractivity contribution >= 4 is 28.9 Å². The third-order valence-electron chi connectivity index (χ3n) is 6.71. The van der Waals surface area contributed by atoms with Crippen molar-refractivity contribution in [2.75, 3.05) is 12.4 Å². The summed E-state index contributed by atoms with van der Waals surface area (Å²) in [6.07, 6.45) is 1.04. The molecule has 2 aliphatic rings. The van der Waals surface area contributed by atoms with Crippen LogP contribution in [0.25, 0.3) is 0 Å². The lowest BCUT2D eigenvalue weighted by Gasteiger charge is -2.28. The largest absolute Gasteiger partial charge is 0.361 e. The first kappa shape index (κ1) is 26.1. The third-order valence-corrected chi connectivity index (χ3v) is 7.01. The Morgan fingerprint density at radius 1 is 1.00 bits per heavy atom. The molecule has 2 aromatic carbocycles. The number of para-hydroxylation sites is 1. The van der Waals surface area contributed by atoms with Gasteiger partial charge in [-0.15, -0.1) is 0 Å². The van der Waals surface area contributed by atoms with Crippen molar-refractivity contribution in [3.63, 3.8) is 0 Å². The van der Waals surface area contributed by atoms with Gasteiger partial charge in [0.15, 0.2) is 12.5 Å². The van der Waals surface area contributed by atoms with Crippen LogP contribution in [0.4, 0.5) is 5.69 Å². The number of hydrogen-bond donors (Lipinski definition) is 3. The lowest BCUT2D eigenvalue weighted by atomic mass is 9.93. The minimum absolute atomic E-state index is 0.234. The van der Waals surface area contributed by atoms with Crippen LogP contribution in [0.2, 0.25) is 0 Å². The summed E-state index contributed by atoms with van der Waals surface area (Å²) >= 11 is 6.42. The number of carbonyl (C=O) groups excluding carboxylic acids is 1. The summed E-state index contributed by atoms with van der Waals surface area (Å²) in [7, 11) is 1.76. The lowest BCUT2D eigenvalue weighted by molar-refractivity contribution is -0.131. The molecule has 1 aliphatic heterocycles. The molecule has 0 bridgehead atoms. The van der Waals surface area contributed by atoms with E-state index < -0.39 is 12.5 Å². The second-order valence-electron chi connectivity index (χ2n) is 9.93. The fourth-order valence-corrected chi connectivity index (χ4v) is 4.99. The fourth-order valence-electron chi connectivity index (χ4n) is 4.79. The number of carbonyl (C=O) groups is 1. The van der Waals surface area contributed by atoms with Gasteiger partial charge in [-0.3, -0.25) is 9.79 Å². The van der Waals surface area contributed by atoms with Crippen molar-refractivity contribution in [1.29, 1.82) is 0 Å². The number of amides is 1. The minimum atomic E-state index is -1.19. The topological polar surface area (TPSA) is 77.0 Å². The highest BCUT2D eigenvalue weighted by Gasteiger charge is 2.33. The Morgan fingerprint density at radius 2 is 1.64 bits per heavy atom. The number of hydrogen-bond acceptors (Lipinski definition) is 5. The van der Waals surface area contributed by atoms with Gasteiger partial charge in [-0.25, -0.2) is 5.32 Å². The Labute approximate surface area is 218 Å². The number of nitrogens with zero attached hydrogens (tertiary/aromatic N) is 2. The molecule has 0 saturated carbocycles. The summed E-state index contributed by atoms with van der Waals surface area (Å²) in [4.78, 5) is 20.0. The zero-order valence-electron chi connectivity index (χ0n) is 21.5. The molecule has 1 amide bonds. The second kappa shape index (κ2) is 11.0. The maximum absolute atomic E-state index is 13.5. The molecule has 2 aromatic rings. The molecule has 190 valence electrons. The van der Waals surface area contributed by atoms with Crippen LogP contribution in [0.5, 0.6) is 0 Å². The first-order valence-corrected chi connectivity index (χ1v) is 12.9. The summed E-state index contributed by atoms with van der Waals surface area (Å²) in [6.45, 7) is 8.50. The van der Waals surface area contributed by atoms with E-state index in [4.69, 9.17) is 16.6 Å². The Morgan fingerprint density at radius 3 is 2.25 bits per heavy atom. The maximum atomic E-state index is 13.5. The molecule has 1 heterocycles. The van der Waals surface area contributed by atoms with Crippen LogP contribution >= 0.6 is 11.6 Å². The number of allylic oxidation sites excluding steroid dienone is 4. The molecule has 2 atom stereocenters. The van der Waals surface area contributed by atoms with Crippen molar-refractivity contribution < 1.29 is 9.90 Å². The van der Waals surface area contributed by atoms with Gasteiger partial charge in [0.2, 0.25) is 0 Å². The molecular formula is C29H35ClN4O2. The van der Waals surface area contributed by atoms with Crippen LogP contribution in [0, 0.1) is 0 Å². The molecule has 0 aromatic heterocycles. The maximum Gasteiger partial charge on any atom is 0.266 e. The van der Waals surface area contributed by atoms with Crippen LogP contribution in [0.15, 0.2) is 75.9 Å². The van der Waals surface area contributed by atoms with Gasteiger partial charge in [-0.1, -0.05) is 87.8 Å². The summed E-state index contributed by atoms with van der Waals surface area (Å²) in [5, 5.41) is 18.1. The normalized spacial score (nSPS) is 19.2. The number of likely N-dealkylation sites (N-methyl/N-ethyl adjacent to an activating group) is 1. The van der Waals surface area contributed by atoms with E-state index in [1.807, 2.05) is 42.5 Å². The summed E-state index contributed by atoms with van der Waals surface area (Å²) < 4.78 is 0. The van der Waals surface area contributed by atoms with Crippen LogP contribution in [-0.2, 0) is 4.79 Å². The molecular weight excluding hydrogens is 472 g/mol. The fraction of sp³-hybridized carbons (Fsp3) is 0.379. The van der Waals surface area contributed by atoms with Gasteiger partial charge >= 0.3 is 0 Å². The molecule has 6 nitrogen and oxygen atoms in total. The van der Waals surface area contributed by atoms with Crippen LogP contribution in [0.3, 0.4) is 0 Å². The Balaban J connectivity index is 1.70. The average molecular weight is 507 g/mol. The van der Waals surface area contributed by atoms with E-state index in [9.17, 15) is 9.90 Å². The Bertz CT molecular complexity index is 1190. The van der Waals surface area contributed by atoms with Gasteiger partial charge in [0.25, 0.3) is 5.91 Å². The van der Waals surface area contributed by atoms with Gasteiger partial charge in [0.05, 0.1) is 5.71 Å². The van der Waals surface area contributed by atoms with Gasteiger partial charge in [-0.05, 0) is 41.9 Å². The summed E-state index contributed by atoms with van der Waals surface area (Å²) in [5.41, 5.74) is 6.39. The molecule has 36 heavy (non-hydrogen) atoms. The molecule has 4 rings (SSSR count). The number of aliphatic hydroxyl groups excluding tert-OH is 1. The Kier molecular flexibility index (Phi) is 7.98.